The molecule has 2 aromatic heterocycles. The molecule has 2 aromatic carbocycles. The van der Waals surface area contributed by atoms with Gasteiger partial charge in [0, 0.05) is 35.6 Å². The Bertz CT molecular complexity index is 1140. The van der Waals surface area contributed by atoms with Crippen LogP contribution in [0.4, 0.5) is 5.82 Å². The lowest BCUT2D eigenvalue weighted by Gasteiger charge is -2.09. The number of anilines is 1. The van der Waals surface area contributed by atoms with Gasteiger partial charge in [0.1, 0.15) is 11.6 Å². The second-order valence-electron chi connectivity index (χ2n) is 7.24. The fourth-order valence-corrected chi connectivity index (χ4v) is 3.74. The number of aromatic nitrogens is 3. The minimum absolute atomic E-state index is 0.0150. The van der Waals surface area contributed by atoms with Crippen molar-refractivity contribution in [2.24, 2.45) is 0 Å². The van der Waals surface area contributed by atoms with E-state index in [-0.39, 0.29) is 5.91 Å². The number of nitrogens with zero attached hydrogens (tertiary/aromatic N) is 2. The molecule has 0 bridgehead atoms. The molecule has 0 fully saturated rings. The van der Waals surface area contributed by atoms with Crippen LogP contribution < -0.4 is 10.1 Å². The molecule has 0 aliphatic rings. The number of para-hydroxylation sites is 1. The Labute approximate surface area is 175 Å². The van der Waals surface area contributed by atoms with E-state index < -0.39 is 0 Å². The van der Waals surface area contributed by atoms with Crippen LogP contribution in [0.1, 0.15) is 25.3 Å². The third-order valence-corrected chi connectivity index (χ3v) is 5.21. The number of hydrogen-bond donors (Lipinski definition) is 2. The number of rotatable bonds is 8. The van der Waals surface area contributed by atoms with Crippen LogP contribution in [0.15, 0.2) is 60.8 Å². The highest BCUT2D eigenvalue weighted by molar-refractivity contribution is 5.93. The number of nitrogens with one attached hydrogen (secondary N) is 2. The molecule has 0 spiro atoms. The van der Waals surface area contributed by atoms with Crippen LogP contribution in [0, 0.1) is 0 Å². The van der Waals surface area contributed by atoms with Gasteiger partial charge in [0.25, 0.3) is 0 Å². The number of H-pyrrole nitrogens is 1. The van der Waals surface area contributed by atoms with Gasteiger partial charge in [0.15, 0.2) is 0 Å². The number of aryl methyl sites for hydroxylation is 2. The first-order valence-corrected chi connectivity index (χ1v) is 10.2. The van der Waals surface area contributed by atoms with Crippen LogP contribution in [0.5, 0.6) is 5.75 Å². The van der Waals surface area contributed by atoms with Crippen LogP contribution in [0.2, 0.25) is 0 Å². The molecule has 1 amide bonds. The maximum atomic E-state index is 12.7. The number of ether oxygens (including phenoxy) is 1. The largest absolute Gasteiger partial charge is 0.497 e. The normalized spacial score (nSPS) is 11.0. The fourth-order valence-electron chi connectivity index (χ4n) is 3.74. The van der Waals surface area contributed by atoms with Gasteiger partial charge in [-0.2, -0.15) is 5.10 Å². The molecular weight excluding hydrogens is 376 g/mol. The second-order valence-corrected chi connectivity index (χ2v) is 7.24. The smallest absolute Gasteiger partial charge is 0.225 e. The summed E-state index contributed by atoms with van der Waals surface area (Å²) in [5, 5.41) is 8.40. The zero-order valence-corrected chi connectivity index (χ0v) is 17.3. The van der Waals surface area contributed by atoms with Gasteiger partial charge in [-0.3, -0.25) is 4.79 Å². The van der Waals surface area contributed by atoms with E-state index in [0.29, 0.717) is 12.8 Å². The van der Waals surface area contributed by atoms with Gasteiger partial charge >= 0.3 is 0 Å². The van der Waals surface area contributed by atoms with E-state index in [1.54, 1.807) is 13.3 Å². The van der Waals surface area contributed by atoms with Gasteiger partial charge in [-0.15, -0.1) is 0 Å². The molecule has 6 heteroatoms. The maximum Gasteiger partial charge on any atom is 0.225 e. The predicted molar refractivity (Wildman–Crippen MR) is 120 cm³/mol. The van der Waals surface area contributed by atoms with Crippen LogP contribution >= 0.6 is 0 Å². The Kier molecular flexibility index (Phi) is 5.84. The summed E-state index contributed by atoms with van der Waals surface area (Å²) < 4.78 is 7.11. The Morgan fingerprint density at radius 2 is 1.93 bits per heavy atom. The van der Waals surface area contributed by atoms with Crippen molar-refractivity contribution in [1.29, 1.82) is 0 Å². The number of aromatic amines is 1. The zero-order chi connectivity index (χ0) is 20.9. The average Bonchev–Trinajstić information content (AvgIpc) is 3.37. The van der Waals surface area contributed by atoms with Crippen molar-refractivity contribution in [3.05, 3.63) is 66.4 Å². The van der Waals surface area contributed by atoms with Crippen molar-refractivity contribution in [3.63, 3.8) is 0 Å². The summed E-state index contributed by atoms with van der Waals surface area (Å²) in [6.45, 7) is 2.87. The molecule has 0 aliphatic heterocycles. The highest BCUT2D eigenvalue weighted by atomic mass is 16.5. The molecular formula is C24H26N4O2. The van der Waals surface area contributed by atoms with E-state index in [0.717, 1.165) is 52.3 Å². The molecule has 6 nitrogen and oxygen atoms in total. The second kappa shape index (κ2) is 8.86. The fraction of sp³-hybridized carbons (Fsp3) is 0.250. The van der Waals surface area contributed by atoms with Gasteiger partial charge in [0.05, 0.1) is 13.3 Å². The Morgan fingerprint density at radius 1 is 1.13 bits per heavy atom. The quantitative estimate of drug-likeness (QED) is 0.435. The van der Waals surface area contributed by atoms with Crippen LogP contribution in [0.25, 0.3) is 22.2 Å². The van der Waals surface area contributed by atoms with Crippen molar-refractivity contribution in [2.45, 2.75) is 32.7 Å². The van der Waals surface area contributed by atoms with E-state index in [9.17, 15) is 4.79 Å². The molecule has 0 aliphatic carbocycles. The molecule has 4 rings (SSSR count). The minimum atomic E-state index is -0.0150. The lowest BCUT2D eigenvalue weighted by atomic mass is 10.0. The van der Waals surface area contributed by atoms with Crippen molar-refractivity contribution in [2.75, 3.05) is 12.4 Å². The molecule has 0 unspecified atom stereocenters. The lowest BCUT2D eigenvalue weighted by molar-refractivity contribution is -0.116. The number of benzene rings is 2. The van der Waals surface area contributed by atoms with Crippen molar-refractivity contribution in [1.82, 2.24) is 14.8 Å². The number of methoxy groups -OCH3 is 1. The molecule has 2 N–H and O–H groups in total. The van der Waals surface area contributed by atoms with E-state index in [4.69, 9.17) is 4.74 Å². The van der Waals surface area contributed by atoms with Crippen molar-refractivity contribution >= 4 is 22.6 Å². The average molecular weight is 402 g/mol. The third kappa shape index (κ3) is 4.08. The highest BCUT2D eigenvalue weighted by Gasteiger charge is 2.15. The van der Waals surface area contributed by atoms with Gasteiger partial charge in [-0.05, 0) is 54.3 Å². The lowest BCUT2D eigenvalue weighted by Crippen LogP contribution is -2.16. The molecule has 30 heavy (non-hydrogen) atoms. The SMILES string of the molecule is CCCn1nccc1NC(=O)CCc1c(-c2ccc(OC)cc2)[nH]c2ccccc12. The maximum absolute atomic E-state index is 12.7. The van der Waals surface area contributed by atoms with Crippen molar-refractivity contribution in [3.8, 4) is 17.0 Å². The van der Waals surface area contributed by atoms with Crippen LogP contribution in [-0.4, -0.2) is 27.8 Å². The number of carbonyl (C=O) groups is 1. The first-order valence-electron chi connectivity index (χ1n) is 10.2. The molecule has 154 valence electrons. The summed E-state index contributed by atoms with van der Waals surface area (Å²) in [6, 6.07) is 18.0. The number of hydrogen-bond acceptors (Lipinski definition) is 3. The Hall–Kier alpha value is -3.54. The first-order chi connectivity index (χ1) is 14.7. The van der Waals surface area contributed by atoms with Crippen LogP contribution in [0.3, 0.4) is 0 Å². The summed E-state index contributed by atoms with van der Waals surface area (Å²) in [7, 11) is 1.66. The van der Waals surface area contributed by atoms with Gasteiger partial charge in [-0.25, -0.2) is 4.68 Å². The third-order valence-electron chi connectivity index (χ3n) is 5.21. The van der Waals surface area contributed by atoms with E-state index >= 15 is 0 Å². The highest BCUT2D eigenvalue weighted by Crippen LogP contribution is 2.32. The number of carbonyl (C=O) groups excluding carboxylic acids is 1. The molecule has 4 aromatic rings. The van der Waals surface area contributed by atoms with Gasteiger partial charge < -0.3 is 15.0 Å². The van der Waals surface area contributed by atoms with Crippen molar-refractivity contribution < 1.29 is 9.53 Å². The minimum Gasteiger partial charge on any atom is -0.497 e. The van der Waals surface area contributed by atoms with E-state index in [1.807, 2.05) is 47.1 Å². The monoisotopic (exact) mass is 402 g/mol. The topological polar surface area (TPSA) is 71.9 Å². The molecule has 2 heterocycles. The summed E-state index contributed by atoms with van der Waals surface area (Å²) in [4.78, 5) is 16.2. The number of amides is 1. The van der Waals surface area contributed by atoms with Gasteiger partial charge in [0.2, 0.25) is 5.91 Å². The zero-order valence-electron chi connectivity index (χ0n) is 17.3. The molecule has 0 radical (unpaired) electrons. The summed E-state index contributed by atoms with van der Waals surface area (Å²) in [5.74, 6) is 1.55. The summed E-state index contributed by atoms with van der Waals surface area (Å²) >= 11 is 0. The molecule has 0 atom stereocenters. The van der Waals surface area contributed by atoms with Crippen LogP contribution in [-0.2, 0) is 17.8 Å². The molecule has 0 saturated carbocycles. The summed E-state index contributed by atoms with van der Waals surface area (Å²) in [6.07, 6.45) is 3.71. The standard InChI is InChI=1S/C24H26N4O2/c1-3-16-28-22(14-15-25-28)27-23(29)13-12-20-19-6-4-5-7-21(19)26-24(20)17-8-10-18(30-2)11-9-17/h4-11,14-15,26H,3,12-13,16H2,1-2H3,(H,27,29). The number of fused-ring (bicyclic) bond motifs is 1. The Morgan fingerprint density at radius 3 is 2.70 bits per heavy atom. The van der Waals surface area contributed by atoms with Gasteiger partial charge in [-0.1, -0.05) is 25.1 Å². The first kappa shape index (κ1) is 19.8. The predicted octanol–water partition coefficient (Wildman–Crippen LogP) is 5.02. The van der Waals surface area contributed by atoms with E-state index in [2.05, 4.69) is 34.5 Å². The Balaban J connectivity index is 1.57. The summed E-state index contributed by atoms with van der Waals surface area (Å²) in [5.41, 5.74) is 4.33. The van der Waals surface area contributed by atoms with E-state index in [1.165, 1.54) is 0 Å². The molecule has 0 saturated heterocycles.